The second-order valence-corrected chi connectivity index (χ2v) is 3.39. The number of hydrogen-bond acceptors (Lipinski definition) is 2. The van der Waals surface area contributed by atoms with E-state index < -0.39 is 0 Å². The summed E-state index contributed by atoms with van der Waals surface area (Å²) in [5, 5.41) is 0. The van der Waals surface area contributed by atoms with Gasteiger partial charge in [-0.25, -0.2) is 0 Å². The lowest BCUT2D eigenvalue weighted by atomic mass is 10.8. The number of rotatable bonds is 6. The quantitative estimate of drug-likeness (QED) is 0.433. The van der Waals surface area contributed by atoms with E-state index in [1.54, 1.807) is 0 Å². The van der Waals surface area contributed by atoms with Gasteiger partial charge in [-0.1, -0.05) is 13.0 Å². The van der Waals surface area contributed by atoms with Gasteiger partial charge in [0.2, 0.25) is 0 Å². The van der Waals surface area contributed by atoms with Crippen LogP contribution in [0.1, 0.15) is 20.8 Å². The molecule has 0 saturated heterocycles. The minimum absolute atomic E-state index is 0.0556. The molecule has 0 aromatic rings. The second-order valence-electron chi connectivity index (χ2n) is 1.80. The Hall–Kier alpha value is 0.137. The monoisotopic (exact) mass is 160 g/mol. The molecule has 0 spiro atoms. The van der Waals surface area contributed by atoms with E-state index in [9.17, 15) is 0 Å². The molecule has 0 aliphatic rings. The molecule has 0 atom stereocenters. The molecule has 0 fully saturated rings. The first-order valence-electron chi connectivity index (χ1n) is 3.81. The van der Waals surface area contributed by atoms with Crippen LogP contribution >= 0.6 is 0 Å². The van der Waals surface area contributed by atoms with Gasteiger partial charge >= 0.3 is 0 Å². The third-order valence-electron chi connectivity index (χ3n) is 1.01. The highest BCUT2D eigenvalue weighted by atomic mass is 28.2. The Bertz CT molecular complexity index is 54.4. The molecule has 0 aromatic heterocycles. The van der Waals surface area contributed by atoms with Crippen LogP contribution in [0, 0.1) is 0 Å². The fourth-order valence-corrected chi connectivity index (χ4v) is 1.54. The highest BCUT2D eigenvalue weighted by Gasteiger charge is 2.05. The van der Waals surface area contributed by atoms with E-state index in [4.69, 9.17) is 9.47 Å². The van der Waals surface area contributed by atoms with Crippen molar-refractivity contribution in [3.05, 3.63) is 0 Å². The van der Waals surface area contributed by atoms with E-state index in [0.717, 1.165) is 28.8 Å². The normalized spacial score (nSPS) is 10.8. The minimum atomic E-state index is 0.0556. The van der Waals surface area contributed by atoms with Gasteiger partial charge in [0.15, 0.2) is 0 Å². The molecule has 0 aliphatic heterocycles. The summed E-state index contributed by atoms with van der Waals surface area (Å²) in [7, 11) is 0.775. The second kappa shape index (κ2) is 7.25. The summed E-state index contributed by atoms with van der Waals surface area (Å²) in [4.78, 5) is 0. The van der Waals surface area contributed by atoms with Crippen LogP contribution in [0.2, 0.25) is 6.04 Å². The van der Waals surface area contributed by atoms with Crippen LogP contribution in [0.3, 0.4) is 0 Å². The van der Waals surface area contributed by atoms with Gasteiger partial charge in [-0.15, -0.1) is 0 Å². The van der Waals surface area contributed by atoms with Gasteiger partial charge in [-0.2, -0.15) is 0 Å². The van der Waals surface area contributed by atoms with Crippen LogP contribution in [0.4, 0.5) is 0 Å². The SMILES string of the molecule is CCOC(OCC)[Si]CC. The van der Waals surface area contributed by atoms with Gasteiger partial charge in [-0.3, -0.25) is 0 Å². The van der Waals surface area contributed by atoms with Gasteiger partial charge < -0.3 is 9.47 Å². The van der Waals surface area contributed by atoms with E-state index >= 15 is 0 Å². The zero-order valence-corrected chi connectivity index (χ0v) is 8.02. The Morgan fingerprint density at radius 2 is 1.60 bits per heavy atom. The van der Waals surface area contributed by atoms with E-state index in [1.807, 2.05) is 13.8 Å². The van der Waals surface area contributed by atoms with Crippen LogP contribution in [0.25, 0.3) is 0 Å². The van der Waals surface area contributed by atoms with Crippen molar-refractivity contribution >= 4 is 9.52 Å². The topological polar surface area (TPSA) is 18.5 Å². The Kier molecular flexibility index (Phi) is 7.35. The van der Waals surface area contributed by atoms with Crippen LogP contribution in [0.15, 0.2) is 0 Å². The van der Waals surface area contributed by atoms with Gasteiger partial charge in [0, 0.05) is 13.2 Å². The highest BCUT2D eigenvalue weighted by Crippen LogP contribution is 1.94. The maximum absolute atomic E-state index is 5.31. The molecule has 0 bridgehead atoms. The molecule has 0 N–H and O–H groups in total. The molecule has 0 aromatic carbocycles. The van der Waals surface area contributed by atoms with Crippen LogP contribution in [0.5, 0.6) is 0 Å². The van der Waals surface area contributed by atoms with E-state index in [2.05, 4.69) is 6.92 Å². The van der Waals surface area contributed by atoms with Crippen molar-refractivity contribution in [1.29, 1.82) is 0 Å². The molecule has 0 amide bonds. The first kappa shape index (κ1) is 10.1. The van der Waals surface area contributed by atoms with Crippen molar-refractivity contribution in [2.75, 3.05) is 13.2 Å². The smallest absolute Gasteiger partial charge is 0.137 e. The summed E-state index contributed by atoms with van der Waals surface area (Å²) >= 11 is 0. The summed E-state index contributed by atoms with van der Waals surface area (Å²) in [5.74, 6) is 0.0556. The molecule has 0 heterocycles. The van der Waals surface area contributed by atoms with Crippen LogP contribution in [-0.4, -0.2) is 28.6 Å². The standard InChI is InChI=1S/C7H16O2Si/c1-4-8-7(9-5-2)10-6-3/h7H,4-6H2,1-3H3. The summed E-state index contributed by atoms with van der Waals surface area (Å²) in [6.45, 7) is 7.62. The van der Waals surface area contributed by atoms with Crippen LogP contribution in [-0.2, 0) is 9.47 Å². The third-order valence-corrected chi connectivity index (χ3v) is 2.08. The molecule has 60 valence electrons. The third kappa shape index (κ3) is 4.96. The minimum Gasteiger partial charge on any atom is -0.357 e. The van der Waals surface area contributed by atoms with Gasteiger partial charge in [-0.05, 0) is 13.8 Å². The first-order valence-corrected chi connectivity index (χ1v) is 5.10. The summed E-state index contributed by atoms with van der Waals surface area (Å²) in [5.41, 5.74) is 0. The Labute approximate surface area is 65.7 Å². The van der Waals surface area contributed by atoms with E-state index in [0.29, 0.717) is 0 Å². The lowest BCUT2D eigenvalue weighted by molar-refractivity contribution is -0.0826. The summed E-state index contributed by atoms with van der Waals surface area (Å²) in [6, 6.07) is 1.14. The zero-order chi connectivity index (χ0) is 7.82. The van der Waals surface area contributed by atoms with E-state index in [-0.39, 0.29) is 5.91 Å². The maximum atomic E-state index is 5.31. The zero-order valence-electron chi connectivity index (χ0n) is 7.02. The van der Waals surface area contributed by atoms with Crippen molar-refractivity contribution in [3.8, 4) is 0 Å². The molecule has 0 rings (SSSR count). The fourth-order valence-electron chi connectivity index (χ4n) is 0.635. The molecule has 2 radical (unpaired) electrons. The largest absolute Gasteiger partial charge is 0.357 e. The predicted molar refractivity (Wildman–Crippen MR) is 43.3 cm³/mol. The highest BCUT2D eigenvalue weighted by molar-refractivity contribution is 6.36. The molecule has 0 unspecified atom stereocenters. The molecular formula is C7H16O2Si. The van der Waals surface area contributed by atoms with Gasteiger partial charge in [0.05, 0.1) is 0 Å². The molecule has 0 aliphatic carbocycles. The number of hydrogen-bond donors (Lipinski definition) is 0. The van der Waals surface area contributed by atoms with Crippen molar-refractivity contribution < 1.29 is 9.47 Å². The van der Waals surface area contributed by atoms with Crippen molar-refractivity contribution in [2.24, 2.45) is 0 Å². The van der Waals surface area contributed by atoms with Crippen molar-refractivity contribution in [3.63, 3.8) is 0 Å². The first-order chi connectivity index (χ1) is 4.85. The average molecular weight is 160 g/mol. The maximum Gasteiger partial charge on any atom is 0.137 e. The van der Waals surface area contributed by atoms with E-state index in [1.165, 1.54) is 0 Å². The number of ether oxygens (including phenoxy) is 2. The molecule has 10 heavy (non-hydrogen) atoms. The van der Waals surface area contributed by atoms with Gasteiger partial charge in [0.25, 0.3) is 0 Å². The lowest BCUT2D eigenvalue weighted by Gasteiger charge is -2.14. The summed E-state index contributed by atoms with van der Waals surface area (Å²) in [6.07, 6.45) is 0. The van der Waals surface area contributed by atoms with Crippen LogP contribution < -0.4 is 0 Å². The Balaban J connectivity index is 3.30. The van der Waals surface area contributed by atoms with Crippen molar-refractivity contribution in [1.82, 2.24) is 0 Å². The molecule has 2 nitrogen and oxygen atoms in total. The molecule has 0 saturated carbocycles. The fraction of sp³-hybridized carbons (Fsp3) is 1.00. The average Bonchev–Trinajstić information content (AvgIpc) is 1.90. The Morgan fingerprint density at radius 1 is 1.10 bits per heavy atom. The molecular weight excluding hydrogens is 144 g/mol. The predicted octanol–water partition coefficient (Wildman–Crippen LogP) is 1.49. The summed E-state index contributed by atoms with van der Waals surface area (Å²) < 4.78 is 10.6. The molecule has 3 heteroatoms. The van der Waals surface area contributed by atoms with Gasteiger partial charge in [0.1, 0.15) is 15.4 Å². The Morgan fingerprint density at radius 3 is 1.90 bits per heavy atom. The van der Waals surface area contributed by atoms with Crippen molar-refractivity contribution in [2.45, 2.75) is 32.7 Å². The lowest BCUT2D eigenvalue weighted by Crippen LogP contribution is -2.23.